The van der Waals surface area contributed by atoms with Crippen molar-refractivity contribution in [2.24, 2.45) is 0 Å². The summed E-state index contributed by atoms with van der Waals surface area (Å²) >= 11 is 0. The Balaban J connectivity index is 2.17. The van der Waals surface area contributed by atoms with E-state index in [2.05, 4.69) is 0 Å². The highest BCUT2D eigenvalue weighted by Gasteiger charge is 2.35. The summed E-state index contributed by atoms with van der Waals surface area (Å²) in [5.74, 6) is -0.253. The van der Waals surface area contributed by atoms with E-state index in [1.165, 1.54) is 9.21 Å². The Bertz CT molecular complexity index is 890. The van der Waals surface area contributed by atoms with E-state index in [4.69, 9.17) is 0 Å². The number of rotatable bonds is 2. The number of amides is 1. The zero-order chi connectivity index (χ0) is 16.8. The highest BCUT2D eigenvalue weighted by atomic mass is 32.2. The molecule has 0 bridgehead atoms. The first kappa shape index (κ1) is 15.6. The molecule has 120 valence electrons. The van der Waals surface area contributed by atoms with Crippen molar-refractivity contribution in [2.45, 2.75) is 18.7 Å². The number of likely N-dealkylation sites (N-methyl/N-ethyl adjacent to an activating group) is 1. The van der Waals surface area contributed by atoms with Crippen molar-refractivity contribution in [3.63, 3.8) is 0 Å². The van der Waals surface area contributed by atoms with Gasteiger partial charge in [0.25, 0.3) is 10.0 Å². The minimum atomic E-state index is -3.79. The van der Waals surface area contributed by atoms with Crippen LogP contribution in [-0.2, 0) is 14.8 Å². The van der Waals surface area contributed by atoms with E-state index < -0.39 is 10.0 Å². The van der Waals surface area contributed by atoms with Crippen molar-refractivity contribution >= 4 is 27.3 Å². The lowest BCUT2D eigenvalue weighted by molar-refractivity contribution is -0.117. The smallest absolute Gasteiger partial charge is 0.265 e. The summed E-state index contributed by atoms with van der Waals surface area (Å²) in [6.45, 7) is 3.49. The van der Waals surface area contributed by atoms with Gasteiger partial charge < -0.3 is 4.90 Å². The van der Waals surface area contributed by atoms with E-state index >= 15 is 0 Å². The topological polar surface area (TPSA) is 57.7 Å². The molecule has 6 heteroatoms. The van der Waals surface area contributed by atoms with Crippen LogP contribution in [0.3, 0.4) is 0 Å². The first-order valence-electron chi connectivity index (χ1n) is 7.28. The second kappa shape index (κ2) is 5.38. The number of hydrogen-bond donors (Lipinski definition) is 0. The summed E-state index contributed by atoms with van der Waals surface area (Å²) in [6.07, 6.45) is 0. The molecule has 0 atom stereocenters. The van der Waals surface area contributed by atoms with Crippen LogP contribution in [0.4, 0.5) is 11.4 Å². The second-order valence-electron chi connectivity index (χ2n) is 5.72. The molecule has 0 saturated heterocycles. The zero-order valence-corrected chi connectivity index (χ0v) is 14.1. The van der Waals surface area contributed by atoms with Gasteiger partial charge in [0.15, 0.2) is 0 Å². The van der Waals surface area contributed by atoms with Crippen molar-refractivity contribution in [3.05, 3.63) is 53.6 Å². The monoisotopic (exact) mass is 330 g/mol. The second-order valence-corrected chi connectivity index (χ2v) is 7.55. The standard InChI is InChI=1S/C17H18N2O3S/c1-12-8-9-16(13(2)10-12)23(21,22)19-11-17(20)18(3)14-6-4-5-7-15(14)19/h4-10H,11H2,1-3H3. The molecule has 1 heterocycles. The zero-order valence-electron chi connectivity index (χ0n) is 13.3. The Morgan fingerprint density at radius 2 is 1.65 bits per heavy atom. The van der Waals surface area contributed by atoms with E-state index in [0.717, 1.165) is 5.56 Å². The van der Waals surface area contributed by atoms with Crippen LogP contribution < -0.4 is 9.21 Å². The van der Waals surface area contributed by atoms with Gasteiger partial charge in [0.1, 0.15) is 6.54 Å². The SMILES string of the molecule is Cc1ccc(S(=O)(=O)N2CC(=O)N(C)c3ccccc32)c(C)c1. The lowest BCUT2D eigenvalue weighted by Gasteiger charge is -2.34. The molecule has 1 amide bonds. The summed E-state index contributed by atoms with van der Waals surface area (Å²) in [7, 11) is -2.14. The summed E-state index contributed by atoms with van der Waals surface area (Å²) in [5.41, 5.74) is 2.79. The maximum absolute atomic E-state index is 13.1. The predicted octanol–water partition coefficient (Wildman–Crippen LogP) is 2.48. The van der Waals surface area contributed by atoms with Crippen molar-refractivity contribution in [1.82, 2.24) is 0 Å². The van der Waals surface area contributed by atoms with Gasteiger partial charge in [-0.05, 0) is 37.6 Å². The highest BCUT2D eigenvalue weighted by molar-refractivity contribution is 7.93. The average molecular weight is 330 g/mol. The van der Waals surface area contributed by atoms with Crippen LogP contribution in [0, 0.1) is 13.8 Å². The predicted molar refractivity (Wildman–Crippen MR) is 90.3 cm³/mol. The molecule has 5 nitrogen and oxygen atoms in total. The Kier molecular flexibility index (Phi) is 3.64. The molecule has 23 heavy (non-hydrogen) atoms. The molecular formula is C17H18N2O3S. The van der Waals surface area contributed by atoms with Crippen LogP contribution in [0.2, 0.25) is 0 Å². The van der Waals surface area contributed by atoms with E-state index in [0.29, 0.717) is 16.9 Å². The quantitative estimate of drug-likeness (QED) is 0.850. The largest absolute Gasteiger partial charge is 0.312 e. The van der Waals surface area contributed by atoms with E-state index in [1.54, 1.807) is 50.4 Å². The molecule has 0 aliphatic carbocycles. The van der Waals surface area contributed by atoms with Crippen molar-refractivity contribution in [2.75, 3.05) is 22.8 Å². The number of anilines is 2. The molecule has 2 aromatic carbocycles. The number of aryl methyl sites for hydroxylation is 2. The number of carbonyl (C=O) groups excluding carboxylic acids is 1. The van der Waals surface area contributed by atoms with Crippen molar-refractivity contribution in [3.8, 4) is 0 Å². The normalized spacial score (nSPS) is 14.8. The van der Waals surface area contributed by atoms with Gasteiger partial charge in [0.2, 0.25) is 5.91 Å². The van der Waals surface area contributed by atoms with E-state index in [9.17, 15) is 13.2 Å². The first-order valence-corrected chi connectivity index (χ1v) is 8.72. The number of benzene rings is 2. The number of para-hydroxylation sites is 2. The maximum Gasteiger partial charge on any atom is 0.265 e. The minimum absolute atomic E-state index is 0.191. The molecule has 0 fully saturated rings. The van der Waals surface area contributed by atoms with Crippen LogP contribution in [0.1, 0.15) is 11.1 Å². The highest BCUT2D eigenvalue weighted by Crippen LogP contribution is 2.36. The Morgan fingerprint density at radius 3 is 2.30 bits per heavy atom. The molecule has 1 aliphatic heterocycles. The van der Waals surface area contributed by atoms with Gasteiger partial charge in [-0.15, -0.1) is 0 Å². The summed E-state index contributed by atoms with van der Waals surface area (Å²) in [6, 6.07) is 12.2. The van der Waals surface area contributed by atoms with Crippen LogP contribution in [-0.4, -0.2) is 27.9 Å². The fourth-order valence-corrected chi connectivity index (χ4v) is 4.47. The maximum atomic E-state index is 13.1. The lowest BCUT2D eigenvalue weighted by atomic mass is 10.2. The Morgan fingerprint density at radius 1 is 1.00 bits per heavy atom. The summed E-state index contributed by atoms with van der Waals surface area (Å²) in [4.78, 5) is 13.9. The van der Waals surface area contributed by atoms with Crippen LogP contribution in [0.15, 0.2) is 47.4 Å². The summed E-state index contributed by atoms with van der Waals surface area (Å²) < 4.78 is 27.4. The first-order chi connectivity index (χ1) is 10.8. The number of nitrogens with zero attached hydrogens (tertiary/aromatic N) is 2. The molecule has 0 spiro atoms. The molecule has 0 N–H and O–H groups in total. The fourth-order valence-electron chi connectivity index (χ4n) is 2.83. The van der Waals surface area contributed by atoms with Gasteiger partial charge in [-0.2, -0.15) is 0 Å². The van der Waals surface area contributed by atoms with Crippen LogP contribution in [0.25, 0.3) is 0 Å². The molecule has 0 aromatic heterocycles. The average Bonchev–Trinajstić information content (AvgIpc) is 2.50. The number of hydrogen-bond acceptors (Lipinski definition) is 3. The number of fused-ring (bicyclic) bond motifs is 1. The number of sulfonamides is 1. The van der Waals surface area contributed by atoms with Gasteiger partial charge in [-0.1, -0.05) is 29.8 Å². The van der Waals surface area contributed by atoms with Crippen LogP contribution >= 0.6 is 0 Å². The summed E-state index contributed by atoms with van der Waals surface area (Å²) in [5, 5.41) is 0. The van der Waals surface area contributed by atoms with Gasteiger partial charge >= 0.3 is 0 Å². The molecule has 0 saturated carbocycles. The fraction of sp³-hybridized carbons (Fsp3) is 0.235. The molecule has 0 unspecified atom stereocenters. The van der Waals surface area contributed by atoms with Gasteiger partial charge in [-0.3, -0.25) is 9.10 Å². The molecule has 1 aliphatic rings. The van der Waals surface area contributed by atoms with Crippen molar-refractivity contribution < 1.29 is 13.2 Å². The number of carbonyl (C=O) groups is 1. The Labute approximate surface area is 136 Å². The lowest BCUT2D eigenvalue weighted by Crippen LogP contribution is -2.46. The molecule has 0 radical (unpaired) electrons. The van der Waals surface area contributed by atoms with Crippen molar-refractivity contribution in [1.29, 1.82) is 0 Å². The van der Waals surface area contributed by atoms with Gasteiger partial charge in [0, 0.05) is 7.05 Å². The third-order valence-electron chi connectivity index (χ3n) is 4.06. The molecular weight excluding hydrogens is 312 g/mol. The van der Waals surface area contributed by atoms with E-state index in [-0.39, 0.29) is 17.3 Å². The minimum Gasteiger partial charge on any atom is -0.312 e. The van der Waals surface area contributed by atoms with Crippen LogP contribution in [0.5, 0.6) is 0 Å². The Hall–Kier alpha value is -2.34. The van der Waals surface area contributed by atoms with Gasteiger partial charge in [-0.25, -0.2) is 8.42 Å². The molecule has 3 rings (SSSR count). The third-order valence-corrected chi connectivity index (χ3v) is 5.98. The van der Waals surface area contributed by atoms with Gasteiger partial charge in [0.05, 0.1) is 16.3 Å². The third kappa shape index (κ3) is 2.49. The molecule has 2 aromatic rings. The van der Waals surface area contributed by atoms with E-state index in [1.807, 2.05) is 13.0 Å².